The highest BCUT2D eigenvalue weighted by molar-refractivity contribution is 9.10. The number of hydrogen-bond acceptors (Lipinski definition) is 4. The molecule has 0 spiro atoms. The first-order valence-corrected chi connectivity index (χ1v) is 9.06. The maximum atomic E-state index is 12.6. The molecule has 1 aromatic carbocycles. The third-order valence-electron chi connectivity index (χ3n) is 3.14. The van der Waals surface area contributed by atoms with Crippen molar-refractivity contribution in [2.45, 2.75) is 17.9 Å². The summed E-state index contributed by atoms with van der Waals surface area (Å²) < 4.78 is 27.3. The van der Waals surface area contributed by atoms with Crippen molar-refractivity contribution in [1.29, 1.82) is 0 Å². The Kier molecular flexibility index (Phi) is 7.29. The van der Waals surface area contributed by atoms with Crippen LogP contribution in [0.5, 0.6) is 0 Å². The molecule has 21 heavy (non-hydrogen) atoms. The van der Waals surface area contributed by atoms with E-state index in [0.29, 0.717) is 22.5 Å². The van der Waals surface area contributed by atoms with Gasteiger partial charge in [0.25, 0.3) is 0 Å². The first-order chi connectivity index (χ1) is 9.78. The van der Waals surface area contributed by atoms with Gasteiger partial charge in [-0.1, -0.05) is 6.07 Å². The van der Waals surface area contributed by atoms with Crippen LogP contribution in [0.1, 0.15) is 12.0 Å². The van der Waals surface area contributed by atoms with Crippen molar-refractivity contribution in [3.63, 3.8) is 0 Å². The van der Waals surface area contributed by atoms with Gasteiger partial charge in [-0.15, -0.1) is 0 Å². The molecule has 0 unspecified atom stereocenters. The standard InChI is InChI=1S/C14H24BrN3O2S/c1-16-11-12-6-7-13(15)14(10-12)21(19,20)18(4)9-5-8-17(2)3/h6-7,10,16H,5,8-9,11H2,1-4H3. The van der Waals surface area contributed by atoms with Gasteiger partial charge in [0.2, 0.25) is 10.0 Å². The quantitative estimate of drug-likeness (QED) is 0.749. The summed E-state index contributed by atoms with van der Waals surface area (Å²) in [5, 5.41) is 3.03. The Morgan fingerprint density at radius 3 is 2.43 bits per heavy atom. The predicted molar refractivity (Wildman–Crippen MR) is 89.9 cm³/mol. The molecule has 0 saturated carbocycles. The molecule has 1 aromatic rings. The van der Waals surface area contributed by atoms with E-state index in [2.05, 4.69) is 21.2 Å². The van der Waals surface area contributed by atoms with Crippen molar-refractivity contribution in [2.75, 3.05) is 41.3 Å². The van der Waals surface area contributed by atoms with Crippen molar-refractivity contribution in [3.8, 4) is 0 Å². The van der Waals surface area contributed by atoms with Crippen LogP contribution in [0.15, 0.2) is 27.6 Å². The molecule has 0 fully saturated rings. The second-order valence-electron chi connectivity index (χ2n) is 5.28. The van der Waals surface area contributed by atoms with Crippen LogP contribution in [0.4, 0.5) is 0 Å². The van der Waals surface area contributed by atoms with Gasteiger partial charge in [0, 0.05) is 24.6 Å². The number of hydrogen-bond donors (Lipinski definition) is 1. The van der Waals surface area contributed by atoms with Crippen LogP contribution in [0, 0.1) is 0 Å². The zero-order chi connectivity index (χ0) is 16.0. The molecule has 1 N–H and O–H groups in total. The van der Waals surface area contributed by atoms with Gasteiger partial charge in [0.05, 0.1) is 4.90 Å². The average Bonchev–Trinajstić information content (AvgIpc) is 2.40. The number of nitrogens with zero attached hydrogens (tertiary/aromatic N) is 2. The molecule has 7 heteroatoms. The molecule has 0 atom stereocenters. The molecule has 1 rings (SSSR count). The number of halogens is 1. The van der Waals surface area contributed by atoms with Crippen LogP contribution < -0.4 is 5.32 Å². The topological polar surface area (TPSA) is 52.7 Å². The van der Waals surface area contributed by atoms with E-state index in [1.54, 1.807) is 19.2 Å². The summed E-state index contributed by atoms with van der Waals surface area (Å²) in [7, 11) is 3.95. The van der Waals surface area contributed by atoms with Gasteiger partial charge >= 0.3 is 0 Å². The summed E-state index contributed by atoms with van der Waals surface area (Å²) >= 11 is 3.34. The smallest absolute Gasteiger partial charge is 0.243 e. The van der Waals surface area contributed by atoms with Crippen molar-refractivity contribution < 1.29 is 8.42 Å². The van der Waals surface area contributed by atoms with Crippen LogP contribution in [0.2, 0.25) is 0 Å². The summed E-state index contributed by atoms with van der Waals surface area (Å²) in [6.07, 6.45) is 0.802. The van der Waals surface area contributed by atoms with Gasteiger partial charge in [-0.05, 0) is 67.7 Å². The van der Waals surface area contributed by atoms with Gasteiger partial charge in [-0.25, -0.2) is 12.7 Å². The minimum atomic E-state index is -3.47. The van der Waals surface area contributed by atoms with Crippen LogP contribution in [-0.4, -0.2) is 58.9 Å². The lowest BCUT2D eigenvalue weighted by Gasteiger charge is -2.19. The molecule has 0 aliphatic heterocycles. The van der Waals surface area contributed by atoms with Crippen LogP contribution in [0.25, 0.3) is 0 Å². The maximum Gasteiger partial charge on any atom is 0.243 e. The van der Waals surface area contributed by atoms with Crippen molar-refractivity contribution in [2.24, 2.45) is 0 Å². The fraction of sp³-hybridized carbons (Fsp3) is 0.571. The molecule has 0 aromatic heterocycles. The van der Waals surface area contributed by atoms with Gasteiger partial charge in [0.15, 0.2) is 0 Å². The second kappa shape index (κ2) is 8.24. The first kappa shape index (κ1) is 18.6. The molecule has 0 heterocycles. The molecule has 0 amide bonds. The summed E-state index contributed by atoms with van der Waals surface area (Å²) in [4.78, 5) is 2.37. The van der Waals surface area contributed by atoms with E-state index < -0.39 is 10.0 Å². The highest BCUT2D eigenvalue weighted by atomic mass is 79.9. The Morgan fingerprint density at radius 2 is 1.86 bits per heavy atom. The normalized spacial score (nSPS) is 12.3. The molecule has 120 valence electrons. The number of rotatable bonds is 8. The number of nitrogens with one attached hydrogen (secondary N) is 1. The first-order valence-electron chi connectivity index (χ1n) is 6.83. The Bertz CT molecular complexity index is 561. The lowest BCUT2D eigenvalue weighted by atomic mass is 10.2. The Hall–Kier alpha value is -0.470. The van der Waals surface area contributed by atoms with Crippen molar-refractivity contribution >= 4 is 26.0 Å². The number of benzene rings is 1. The molecule has 5 nitrogen and oxygen atoms in total. The highest BCUT2D eigenvalue weighted by Crippen LogP contribution is 2.25. The molecule has 0 aliphatic rings. The van der Waals surface area contributed by atoms with Crippen molar-refractivity contribution in [3.05, 3.63) is 28.2 Å². The molecule has 0 radical (unpaired) electrons. The highest BCUT2D eigenvalue weighted by Gasteiger charge is 2.23. The fourth-order valence-corrected chi connectivity index (χ4v) is 4.14. The molecule has 0 bridgehead atoms. The van der Waals surface area contributed by atoms with E-state index in [0.717, 1.165) is 18.5 Å². The monoisotopic (exact) mass is 377 g/mol. The van der Waals surface area contributed by atoms with E-state index in [4.69, 9.17) is 0 Å². The van der Waals surface area contributed by atoms with Crippen LogP contribution in [-0.2, 0) is 16.6 Å². The SMILES string of the molecule is CNCc1ccc(Br)c(S(=O)(=O)N(C)CCCN(C)C)c1. The van der Waals surface area contributed by atoms with Gasteiger partial charge in [-0.3, -0.25) is 0 Å². The lowest BCUT2D eigenvalue weighted by Crippen LogP contribution is -2.30. The fourth-order valence-electron chi connectivity index (χ4n) is 1.96. The minimum Gasteiger partial charge on any atom is -0.316 e. The van der Waals surface area contributed by atoms with E-state index in [9.17, 15) is 8.42 Å². The maximum absolute atomic E-state index is 12.6. The Balaban J connectivity index is 2.93. The zero-order valence-electron chi connectivity index (χ0n) is 13.1. The van der Waals surface area contributed by atoms with Gasteiger partial charge in [0.1, 0.15) is 0 Å². The lowest BCUT2D eigenvalue weighted by molar-refractivity contribution is 0.370. The van der Waals surface area contributed by atoms with Crippen LogP contribution in [0.3, 0.4) is 0 Å². The van der Waals surface area contributed by atoms with E-state index in [-0.39, 0.29) is 0 Å². The molecular formula is C14H24BrN3O2S. The molecule has 0 aliphatic carbocycles. The summed E-state index contributed by atoms with van der Waals surface area (Å²) in [5.41, 5.74) is 0.945. The van der Waals surface area contributed by atoms with E-state index in [1.165, 1.54) is 4.31 Å². The van der Waals surface area contributed by atoms with Crippen molar-refractivity contribution in [1.82, 2.24) is 14.5 Å². The molecular weight excluding hydrogens is 354 g/mol. The van der Waals surface area contributed by atoms with Gasteiger partial charge < -0.3 is 10.2 Å². The summed E-state index contributed by atoms with van der Waals surface area (Å²) in [6.45, 7) is 2.00. The Labute approximate surface area is 136 Å². The predicted octanol–water partition coefficient (Wildman–Crippen LogP) is 1.74. The summed E-state index contributed by atoms with van der Waals surface area (Å²) in [6, 6.07) is 5.41. The third kappa shape index (κ3) is 5.34. The third-order valence-corrected chi connectivity index (χ3v) is 5.99. The van der Waals surface area contributed by atoms with Crippen LogP contribution >= 0.6 is 15.9 Å². The molecule has 0 saturated heterocycles. The Morgan fingerprint density at radius 1 is 1.19 bits per heavy atom. The number of sulfonamides is 1. The largest absolute Gasteiger partial charge is 0.316 e. The second-order valence-corrected chi connectivity index (χ2v) is 8.15. The van der Waals surface area contributed by atoms with E-state index >= 15 is 0 Å². The average molecular weight is 378 g/mol. The minimum absolute atomic E-state index is 0.322. The van der Waals surface area contributed by atoms with Gasteiger partial charge in [-0.2, -0.15) is 0 Å². The zero-order valence-corrected chi connectivity index (χ0v) is 15.5. The summed E-state index contributed by atoms with van der Waals surface area (Å²) in [5.74, 6) is 0. The van der Waals surface area contributed by atoms with E-state index in [1.807, 2.05) is 32.1 Å².